The predicted octanol–water partition coefficient (Wildman–Crippen LogP) is 5.20. The molecule has 0 saturated heterocycles. The molecule has 0 N–H and O–H groups in total. The highest BCUT2D eigenvalue weighted by atomic mass is 79.9. The van der Waals surface area contributed by atoms with Gasteiger partial charge in [-0.1, -0.05) is 22.0 Å². The Bertz CT molecular complexity index is 657. The number of ether oxygens (including phenoxy) is 2. The Morgan fingerprint density at radius 2 is 1.61 bits per heavy atom. The summed E-state index contributed by atoms with van der Waals surface area (Å²) in [6, 6.07) is 11.0. The zero-order valence-corrected chi connectivity index (χ0v) is 14.1. The molecule has 2 rings (SSSR count). The van der Waals surface area contributed by atoms with Crippen LogP contribution in [-0.2, 0) is 6.54 Å². The number of hydrogen-bond donors (Lipinski definition) is 0. The lowest BCUT2D eigenvalue weighted by molar-refractivity contribution is -0.274. The van der Waals surface area contributed by atoms with Crippen molar-refractivity contribution in [1.82, 2.24) is 4.90 Å². The van der Waals surface area contributed by atoms with Crippen molar-refractivity contribution in [2.24, 2.45) is 0 Å². The molecule has 0 saturated carbocycles. The van der Waals surface area contributed by atoms with Gasteiger partial charge in [0, 0.05) is 16.6 Å². The number of benzene rings is 2. The van der Waals surface area contributed by atoms with Crippen LogP contribution in [0.3, 0.4) is 0 Å². The summed E-state index contributed by atoms with van der Waals surface area (Å²) in [7, 11) is 3.88. The fraction of sp³-hybridized carbons (Fsp3) is 0.250. The minimum absolute atomic E-state index is 0.285. The molecule has 23 heavy (non-hydrogen) atoms. The number of rotatable bonds is 5. The second-order valence-corrected chi connectivity index (χ2v) is 6.03. The molecule has 0 aromatic heterocycles. The van der Waals surface area contributed by atoms with Crippen molar-refractivity contribution in [3.8, 4) is 17.2 Å². The monoisotopic (exact) mass is 389 g/mol. The molecule has 2 aromatic carbocycles. The molecule has 0 unspecified atom stereocenters. The third-order valence-corrected chi connectivity index (χ3v) is 3.29. The topological polar surface area (TPSA) is 21.7 Å². The molecule has 2 aromatic rings. The summed E-state index contributed by atoms with van der Waals surface area (Å²) in [6.07, 6.45) is -4.70. The van der Waals surface area contributed by atoms with E-state index in [4.69, 9.17) is 4.74 Å². The molecule has 3 nitrogen and oxygen atoms in total. The van der Waals surface area contributed by atoms with Crippen molar-refractivity contribution in [1.29, 1.82) is 0 Å². The summed E-state index contributed by atoms with van der Waals surface area (Å²) < 4.78 is 46.9. The summed E-state index contributed by atoms with van der Waals surface area (Å²) >= 11 is 3.38. The molecule has 0 atom stereocenters. The Morgan fingerprint density at radius 3 is 2.17 bits per heavy atom. The van der Waals surface area contributed by atoms with E-state index in [1.807, 2.05) is 37.2 Å². The minimum atomic E-state index is -4.70. The molecule has 7 heteroatoms. The molecule has 124 valence electrons. The Morgan fingerprint density at radius 1 is 1.00 bits per heavy atom. The van der Waals surface area contributed by atoms with Crippen LogP contribution in [0.25, 0.3) is 0 Å². The fourth-order valence-electron chi connectivity index (χ4n) is 1.93. The van der Waals surface area contributed by atoms with Crippen LogP contribution < -0.4 is 9.47 Å². The van der Waals surface area contributed by atoms with Crippen molar-refractivity contribution in [3.63, 3.8) is 0 Å². The van der Waals surface area contributed by atoms with E-state index < -0.39 is 6.36 Å². The summed E-state index contributed by atoms with van der Waals surface area (Å²) in [5.41, 5.74) is 0.966. The van der Waals surface area contributed by atoms with Crippen LogP contribution in [0.15, 0.2) is 46.9 Å². The SMILES string of the molecule is CN(C)Cc1ccc(Br)cc1Oc1ccc(OC(F)(F)F)cc1. The van der Waals surface area contributed by atoms with E-state index in [-0.39, 0.29) is 5.75 Å². The second-order valence-electron chi connectivity index (χ2n) is 5.11. The van der Waals surface area contributed by atoms with Gasteiger partial charge in [-0.05, 0) is 50.5 Å². The lowest BCUT2D eigenvalue weighted by atomic mass is 10.2. The summed E-state index contributed by atoms with van der Waals surface area (Å²) in [5, 5.41) is 0. The van der Waals surface area contributed by atoms with Crippen molar-refractivity contribution < 1.29 is 22.6 Å². The van der Waals surface area contributed by atoms with Crippen LogP contribution in [0.5, 0.6) is 17.2 Å². The summed E-state index contributed by atoms with van der Waals surface area (Å²) in [6.45, 7) is 0.678. The third-order valence-electron chi connectivity index (χ3n) is 2.80. The lowest BCUT2D eigenvalue weighted by Gasteiger charge is -2.15. The van der Waals surface area contributed by atoms with Gasteiger partial charge in [0.2, 0.25) is 0 Å². The smallest absolute Gasteiger partial charge is 0.457 e. The average Bonchev–Trinajstić information content (AvgIpc) is 2.42. The maximum Gasteiger partial charge on any atom is 0.573 e. The van der Waals surface area contributed by atoms with Crippen LogP contribution in [0, 0.1) is 0 Å². The van der Waals surface area contributed by atoms with E-state index >= 15 is 0 Å². The first-order valence-electron chi connectivity index (χ1n) is 6.70. The zero-order valence-electron chi connectivity index (χ0n) is 12.5. The summed E-state index contributed by atoms with van der Waals surface area (Å²) in [5.74, 6) is 0.780. The van der Waals surface area contributed by atoms with E-state index in [2.05, 4.69) is 20.7 Å². The molecule has 0 aliphatic rings. The standard InChI is InChI=1S/C16H15BrF3NO2/c1-21(2)10-11-3-4-12(17)9-15(11)22-13-5-7-14(8-6-13)23-16(18,19)20/h3-9H,10H2,1-2H3. The van der Waals surface area contributed by atoms with Gasteiger partial charge in [-0.15, -0.1) is 13.2 Å². The van der Waals surface area contributed by atoms with Crippen LogP contribution >= 0.6 is 15.9 Å². The van der Waals surface area contributed by atoms with Gasteiger partial charge in [-0.25, -0.2) is 0 Å². The molecule has 0 heterocycles. The number of nitrogens with zero attached hydrogens (tertiary/aromatic N) is 1. The second kappa shape index (κ2) is 7.23. The maximum absolute atomic E-state index is 12.1. The van der Waals surface area contributed by atoms with Gasteiger partial charge in [-0.2, -0.15) is 0 Å². The first-order valence-corrected chi connectivity index (χ1v) is 7.49. The van der Waals surface area contributed by atoms with Crippen molar-refractivity contribution in [2.75, 3.05) is 14.1 Å². The van der Waals surface area contributed by atoms with Crippen LogP contribution in [0.4, 0.5) is 13.2 Å². The first kappa shape index (κ1) is 17.6. The van der Waals surface area contributed by atoms with Crippen LogP contribution in [-0.4, -0.2) is 25.4 Å². The van der Waals surface area contributed by atoms with Crippen molar-refractivity contribution in [3.05, 3.63) is 52.5 Å². The molecule has 0 spiro atoms. The van der Waals surface area contributed by atoms with E-state index in [0.29, 0.717) is 18.0 Å². The number of halogens is 4. The Balaban J connectivity index is 2.17. The van der Waals surface area contributed by atoms with E-state index in [0.717, 1.165) is 10.0 Å². The highest BCUT2D eigenvalue weighted by molar-refractivity contribution is 9.10. The van der Waals surface area contributed by atoms with Crippen molar-refractivity contribution in [2.45, 2.75) is 12.9 Å². The number of alkyl halides is 3. The molecule has 0 aliphatic carbocycles. The number of hydrogen-bond acceptors (Lipinski definition) is 3. The van der Waals surface area contributed by atoms with Gasteiger partial charge in [0.15, 0.2) is 0 Å². The van der Waals surface area contributed by atoms with Crippen LogP contribution in [0.2, 0.25) is 0 Å². The largest absolute Gasteiger partial charge is 0.573 e. The molecule has 0 amide bonds. The van der Waals surface area contributed by atoms with Gasteiger partial charge >= 0.3 is 6.36 Å². The van der Waals surface area contributed by atoms with Gasteiger partial charge in [0.05, 0.1) is 0 Å². The Kier molecular flexibility index (Phi) is 5.54. The van der Waals surface area contributed by atoms with Crippen molar-refractivity contribution >= 4 is 15.9 Å². The van der Waals surface area contributed by atoms with Crippen LogP contribution in [0.1, 0.15) is 5.56 Å². The first-order chi connectivity index (χ1) is 10.7. The predicted molar refractivity (Wildman–Crippen MR) is 84.7 cm³/mol. The van der Waals surface area contributed by atoms with E-state index in [1.165, 1.54) is 24.3 Å². The molecule has 0 aliphatic heterocycles. The lowest BCUT2D eigenvalue weighted by Crippen LogP contribution is -2.16. The third kappa shape index (κ3) is 5.76. The van der Waals surface area contributed by atoms with E-state index in [9.17, 15) is 13.2 Å². The zero-order chi connectivity index (χ0) is 17.0. The van der Waals surface area contributed by atoms with Gasteiger partial charge in [-0.3, -0.25) is 0 Å². The van der Waals surface area contributed by atoms with Gasteiger partial charge in [0.1, 0.15) is 17.2 Å². The molecular formula is C16H15BrF3NO2. The minimum Gasteiger partial charge on any atom is -0.457 e. The van der Waals surface area contributed by atoms with Gasteiger partial charge < -0.3 is 14.4 Å². The fourth-order valence-corrected chi connectivity index (χ4v) is 2.27. The highest BCUT2D eigenvalue weighted by Gasteiger charge is 2.30. The van der Waals surface area contributed by atoms with E-state index in [1.54, 1.807) is 0 Å². The van der Waals surface area contributed by atoms with Gasteiger partial charge in [0.25, 0.3) is 0 Å². The highest BCUT2D eigenvalue weighted by Crippen LogP contribution is 2.31. The molecule has 0 fully saturated rings. The average molecular weight is 390 g/mol. The molecule has 0 bridgehead atoms. The normalized spacial score (nSPS) is 11.6. The Hall–Kier alpha value is -1.73. The Labute approximate surface area is 140 Å². The summed E-state index contributed by atoms with van der Waals surface area (Å²) in [4.78, 5) is 2.00. The molecule has 0 radical (unpaired) electrons. The quantitative estimate of drug-likeness (QED) is 0.701. The maximum atomic E-state index is 12.1. The molecular weight excluding hydrogens is 375 g/mol.